The lowest BCUT2D eigenvalue weighted by atomic mass is 9.82. The van der Waals surface area contributed by atoms with Gasteiger partial charge in [0.1, 0.15) is 5.75 Å². The van der Waals surface area contributed by atoms with Gasteiger partial charge in [-0.25, -0.2) is 0 Å². The molecule has 1 saturated heterocycles. The van der Waals surface area contributed by atoms with Crippen LogP contribution in [-0.2, 0) is 4.74 Å². The normalized spacial score (nSPS) is 24.6. The van der Waals surface area contributed by atoms with E-state index < -0.39 is 0 Å². The first-order valence-corrected chi connectivity index (χ1v) is 16.8. The lowest BCUT2D eigenvalue weighted by Crippen LogP contribution is -2.25. The Morgan fingerprint density at radius 2 is 1.91 bits per heavy atom. The van der Waals surface area contributed by atoms with E-state index in [-0.39, 0.29) is 23.5 Å². The van der Waals surface area contributed by atoms with Crippen molar-refractivity contribution in [3.8, 4) is 5.75 Å². The molecule has 5 heteroatoms. The van der Waals surface area contributed by atoms with Crippen molar-refractivity contribution in [3.63, 3.8) is 0 Å². The smallest absolute Gasteiger partial charge is 0.166 e. The summed E-state index contributed by atoms with van der Waals surface area (Å²) in [5, 5.41) is 0. The number of nitrogens with zero attached hydrogens (tertiary/aromatic N) is 2. The molecule has 1 saturated carbocycles. The molecule has 2 fully saturated rings. The zero-order chi connectivity index (χ0) is 32.5. The van der Waals surface area contributed by atoms with Gasteiger partial charge in [0.15, 0.2) is 5.78 Å². The molecule has 0 spiro atoms. The Labute approximate surface area is 272 Å². The van der Waals surface area contributed by atoms with Crippen LogP contribution in [0.4, 0.5) is 0 Å². The number of rotatable bonds is 10. The molecular weight excluding hydrogens is 556 g/mol. The maximum Gasteiger partial charge on any atom is 0.166 e. The van der Waals surface area contributed by atoms with Crippen molar-refractivity contribution in [2.75, 3.05) is 21.3 Å². The van der Waals surface area contributed by atoms with E-state index >= 15 is 0 Å². The quantitative estimate of drug-likeness (QED) is 0.114. The summed E-state index contributed by atoms with van der Waals surface area (Å²) in [5.74, 6) is 2.28. The summed E-state index contributed by atoms with van der Waals surface area (Å²) in [5.41, 5.74) is 7.24. The van der Waals surface area contributed by atoms with Crippen LogP contribution in [-0.4, -0.2) is 37.7 Å². The summed E-state index contributed by atoms with van der Waals surface area (Å²) in [6.07, 6.45) is 23.1. The van der Waals surface area contributed by atoms with Gasteiger partial charge < -0.3 is 14.4 Å². The molecule has 4 rings (SSSR count). The number of fused-ring (bicyclic) bond motifs is 1. The summed E-state index contributed by atoms with van der Waals surface area (Å²) >= 11 is 0. The average Bonchev–Trinajstić information content (AvgIpc) is 3.45. The lowest BCUT2D eigenvalue weighted by Gasteiger charge is -2.25. The molecule has 1 aromatic carbocycles. The van der Waals surface area contributed by atoms with Crippen LogP contribution in [0.1, 0.15) is 101 Å². The third-order valence-corrected chi connectivity index (χ3v) is 10.2. The number of allylic oxidation sites excluding steroid dienone is 10. The Bertz CT molecular complexity index is 1410. The highest BCUT2D eigenvalue weighted by molar-refractivity contribution is 6.05. The van der Waals surface area contributed by atoms with E-state index in [4.69, 9.17) is 14.5 Å². The number of ketones is 1. The minimum Gasteiger partial charge on any atom is -0.504 e. The molecule has 2 heterocycles. The van der Waals surface area contributed by atoms with Gasteiger partial charge in [-0.15, -0.1) is 0 Å². The zero-order valence-electron chi connectivity index (χ0n) is 28.6. The number of Topliss-reactive ketones (excluding diaryl/α,β-unsaturated/α-hetero) is 1. The monoisotopic (exact) mass is 610 g/mol. The van der Waals surface area contributed by atoms with Crippen LogP contribution in [0.2, 0.25) is 0 Å². The fourth-order valence-corrected chi connectivity index (χ4v) is 7.17. The van der Waals surface area contributed by atoms with Crippen molar-refractivity contribution < 1.29 is 14.3 Å². The van der Waals surface area contributed by atoms with E-state index in [0.717, 1.165) is 77.7 Å². The van der Waals surface area contributed by atoms with E-state index in [1.807, 2.05) is 25.1 Å². The third-order valence-electron chi connectivity index (χ3n) is 10.2. The minimum absolute atomic E-state index is 0.0146. The molecule has 45 heavy (non-hydrogen) atoms. The molecule has 0 aromatic heterocycles. The van der Waals surface area contributed by atoms with Crippen LogP contribution in [0.3, 0.4) is 0 Å². The molecule has 5 unspecified atom stereocenters. The topological polar surface area (TPSA) is 51.1 Å². The summed E-state index contributed by atoms with van der Waals surface area (Å²) in [4.78, 5) is 21.3. The number of hydrogen-bond donors (Lipinski definition) is 0. The SMILES string of the molecule is C=C1CCC(C(/C=C\C)=C/C=C/OC)C2=NC(C(C)c3ccc(C(=O)C(C)C4CCCC(C)CC4)cc3OC)=CCC=C2N1C. The molecule has 3 aliphatic rings. The number of carbonyl (C=O) groups excluding carboxylic acids is 1. The summed E-state index contributed by atoms with van der Waals surface area (Å²) in [7, 11) is 5.46. The van der Waals surface area contributed by atoms with Crippen LogP contribution >= 0.6 is 0 Å². The summed E-state index contributed by atoms with van der Waals surface area (Å²) < 4.78 is 11.1. The fourth-order valence-electron chi connectivity index (χ4n) is 7.17. The summed E-state index contributed by atoms with van der Waals surface area (Å²) in [6.45, 7) is 13.1. The van der Waals surface area contributed by atoms with Gasteiger partial charge in [0.05, 0.1) is 31.9 Å². The van der Waals surface area contributed by atoms with E-state index in [2.05, 4.69) is 75.7 Å². The molecular formula is C40H54N2O3. The van der Waals surface area contributed by atoms with Crippen molar-refractivity contribution in [1.29, 1.82) is 0 Å². The van der Waals surface area contributed by atoms with Crippen molar-refractivity contribution in [2.45, 2.75) is 85.0 Å². The Morgan fingerprint density at radius 1 is 1.11 bits per heavy atom. The second kappa shape index (κ2) is 16.1. The predicted molar refractivity (Wildman–Crippen MR) is 188 cm³/mol. The number of benzene rings is 1. The predicted octanol–water partition coefficient (Wildman–Crippen LogP) is 9.96. The minimum atomic E-state index is -0.0231. The van der Waals surface area contributed by atoms with Gasteiger partial charge in [-0.2, -0.15) is 0 Å². The van der Waals surface area contributed by atoms with Gasteiger partial charge in [-0.3, -0.25) is 9.79 Å². The van der Waals surface area contributed by atoms with E-state index in [1.54, 1.807) is 20.5 Å². The van der Waals surface area contributed by atoms with Gasteiger partial charge in [0, 0.05) is 47.3 Å². The maximum absolute atomic E-state index is 13.7. The second-order valence-corrected chi connectivity index (χ2v) is 13.1. The molecule has 0 N–H and O–H groups in total. The Hall–Kier alpha value is -3.60. The molecule has 0 amide bonds. The highest BCUT2D eigenvalue weighted by atomic mass is 16.5. The highest BCUT2D eigenvalue weighted by Gasteiger charge is 2.32. The maximum atomic E-state index is 13.7. The van der Waals surface area contributed by atoms with Gasteiger partial charge >= 0.3 is 0 Å². The van der Waals surface area contributed by atoms with Crippen molar-refractivity contribution in [2.24, 2.45) is 28.7 Å². The molecule has 0 bridgehead atoms. The number of ether oxygens (including phenoxy) is 2. The van der Waals surface area contributed by atoms with Crippen molar-refractivity contribution in [3.05, 3.63) is 101 Å². The Balaban J connectivity index is 1.67. The van der Waals surface area contributed by atoms with Crippen LogP contribution < -0.4 is 4.74 Å². The van der Waals surface area contributed by atoms with Gasteiger partial charge in [0.25, 0.3) is 0 Å². The number of methoxy groups -OCH3 is 2. The largest absolute Gasteiger partial charge is 0.504 e. The number of likely N-dealkylation sites (tertiary alicyclic amines) is 1. The van der Waals surface area contributed by atoms with E-state index in [1.165, 1.54) is 24.8 Å². The Kier molecular flexibility index (Phi) is 12.3. The molecule has 1 aromatic rings. The number of aliphatic imine (C=N–C) groups is 1. The zero-order valence-corrected chi connectivity index (χ0v) is 28.6. The lowest BCUT2D eigenvalue weighted by molar-refractivity contribution is 0.0876. The van der Waals surface area contributed by atoms with E-state index in [9.17, 15) is 4.79 Å². The first-order valence-electron chi connectivity index (χ1n) is 16.8. The second-order valence-electron chi connectivity index (χ2n) is 13.1. The molecule has 1 aliphatic carbocycles. The average molecular weight is 611 g/mol. The molecule has 0 radical (unpaired) electrons. The molecule has 242 valence electrons. The molecule has 5 nitrogen and oxygen atoms in total. The third kappa shape index (κ3) is 8.17. The fraction of sp³-hybridized carbons (Fsp3) is 0.500. The van der Waals surface area contributed by atoms with Gasteiger partial charge in [-0.05, 0) is 68.6 Å². The molecule has 5 atom stereocenters. The van der Waals surface area contributed by atoms with Crippen LogP contribution in [0.5, 0.6) is 5.75 Å². The number of hydrogen-bond acceptors (Lipinski definition) is 5. The van der Waals surface area contributed by atoms with Crippen molar-refractivity contribution in [1.82, 2.24) is 4.90 Å². The van der Waals surface area contributed by atoms with Gasteiger partial charge in [-0.1, -0.05) is 89.1 Å². The van der Waals surface area contributed by atoms with E-state index in [0.29, 0.717) is 5.92 Å². The first-order chi connectivity index (χ1) is 21.7. The Morgan fingerprint density at radius 3 is 2.64 bits per heavy atom. The van der Waals surface area contributed by atoms with Crippen LogP contribution in [0.25, 0.3) is 0 Å². The summed E-state index contributed by atoms with van der Waals surface area (Å²) in [6, 6.07) is 6.04. The number of carbonyl (C=O) groups is 1. The first kappa shape index (κ1) is 34.3. The standard InChI is InChI=1S/C40H54N2O3/c1-9-13-32(16-12-25-44-7)35-23-20-28(3)42(6)37-18-11-17-36(41-39(35)37)30(5)34-24-22-33(26-38(34)45-8)40(43)29(4)31-15-10-14-27(2)19-21-31/h9,12-13,16-18,22,24-27,29-31,35H,3,10-11,14-15,19-21,23H2,1-2,4-8H3/b13-9-,25-12+,32-16+. The van der Waals surface area contributed by atoms with Gasteiger partial charge in [0.2, 0.25) is 0 Å². The molecule has 2 aliphatic heterocycles. The van der Waals surface area contributed by atoms with Crippen LogP contribution in [0, 0.1) is 23.7 Å². The van der Waals surface area contributed by atoms with Crippen LogP contribution in [0.15, 0.2) is 95.2 Å². The highest BCUT2D eigenvalue weighted by Crippen LogP contribution is 2.40. The van der Waals surface area contributed by atoms with Crippen molar-refractivity contribution >= 4 is 11.5 Å².